The van der Waals surface area contributed by atoms with Gasteiger partial charge in [0.1, 0.15) is 57.7 Å². The van der Waals surface area contributed by atoms with Gasteiger partial charge in [-0.25, -0.2) is 89.6 Å². The number of quaternary nitrogens is 1. The molecule has 8 N–H and O–H groups in total. The summed E-state index contributed by atoms with van der Waals surface area (Å²) in [5.41, 5.74) is 14.4. The lowest BCUT2D eigenvalue weighted by atomic mass is 10.1. The van der Waals surface area contributed by atoms with Crippen LogP contribution in [-0.2, 0) is 0 Å². The Kier molecular flexibility index (Phi) is 21.6. The summed E-state index contributed by atoms with van der Waals surface area (Å²) in [7, 11) is 0. The third-order valence-electron chi connectivity index (χ3n) is 14.5. The Bertz CT molecular complexity index is 3820. The van der Waals surface area contributed by atoms with E-state index in [1.165, 1.54) is 76.3 Å². The number of likely N-dealkylation sites (tertiary alicyclic amines) is 3. The molecule has 0 aliphatic carbocycles. The van der Waals surface area contributed by atoms with E-state index in [2.05, 4.69) is 55.5 Å². The number of nitrogens with one attached hydrogen (secondary N) is 3. The first-order valence-electron chi connectivity index (χ1n) is 27.7. The van der Waals surface area contributed by atoms with Crippen molar-refractivity contribution in [1.29, 1.82) is 0 Å². The summed E-state index contributed by atoms with van der Waals surface area (Å²) in [5.74, 6) is -0.120. The summed E-state index contributed by atoms with van der Waals surface area (Å²) in [5, 5.41) is 36.1. The average molecular weight is 1270 g/mol. The number of aromatic nitrogens is 12. The van der Waals surface area contributed by atoms with Crippen molar-refractivity contribution in [3.8, 4) is 34.6 Å². The molecule has 3 saturated heterocycles. The third-order valence-corrected chi connectivity index (χ3v) is 14.8. The Morgan fingerprint density at radius 2 is 0.944 bits per heavy atom. The molecule has 0 saturated carbocycles. The predicted molar refractivity (Wildman–Crippen MR) is 308 cm³/mol. The van der Waals surface area contributed by atoms with E-state index < -0.39 is 46.9 Å². The van der Waals surface area contributed by atoms with Crippen LogP contribution >= 0.6 is 11.6 Å². The highest BCUT2D eigenvalue weighted by molar-refractivity contribution is 6.31. The first-order chi connectivity index (χ1) is 42.6. The number of nitrogens with zero attached hydrogens (tertiary/aromatic N) is 16. The molecule has 89 heavy (non-hydrogen) atoms. The van der Waals surface area contributed by atoms with E-state index >= 15 is 0 Å². The number of anilines is 3. The van der Waals surface area contributed by atoms with E-state index in [0.29, 0.717) is 103 Å². The molecule has 0 bridgehead atoms. The van der Waals surface area contributed by atoms with Gasteiger partial charge in [0.15, 0.2) is 28.4 Å². The number of imidazole rings is 3. The molecule has 3 fully saturated rings. The second-order valence-corrected chi connectivity index (χ2v) is 21.1. The number of fused-ring (bicyclic) bond motifs is 3. The van der Waals surface area contributed by atoms with Crippen LogP contribution in [0.4, 0.5) is 68.2 Å². The molecule has 9 aromatic heterocycles. The fourth-order valence-electron chi connectivity index (χ4n) is 9.98. The van der Waals surface area contributed by atoms with Crippen molar-refractivity contribution in [1.82, 2.24) is 72.8 Å². The molecule has 0 aromatic carbocycles. The Hall–Kier alpha value is -8.51. The van der Waals surface area contributed by atoms with Crippen molar-refractivity contribution in [2.45, 2.75) is 75.9 Å². The molecule has 35 heteroatoms. The Morgan fingerprint density at radius 1 is 0.573 bits per heavy atom. The number of rotatable bonds is 15. The first-order valence-corrected chi connectivity index (χ1v) is 28.1. The Morgan fingerprint density at radius 3 is 1.34 bits per heavy atom. The van der Waals surface area contributed by atoms with Gasteiger partial charge in [-0.3, -0.25) is 38.0 Å². The third kappa shape index (κ3) is 17.2. The van der Waals surface area contributed by atoms with Crippen molar-refractivity contribution in [2.75, 3.05) is 75.3 Å². The van der Waals surface area contributed by atoms with E-state index in [1.54, 1.807) is 31.4 Å². The monoisotopic (exact) mass is 1270 g/mol. The number of hydrogen-bond donors (Lipinski definition) is 6. The van der Waals surface area contributed by atoms with E-state index in [-0.39, 0.29) is 71.8 Å². The molecule has 1 unspecified atom stereocenters. The van der Waals surface area contributed by atoms with Gasteiger partial charge in [0.05, 0.1) is 61.2 Å². The molecule has 25 nitrogen and oxygen atoms in total. The normalized spacial score (nSPS) is 16.1. The topological polar surface area (TPSA) is 306 Å². The zero-order valence-corrected chi connectivity index (χ0v) is 47.7. The highest BCUT2D eigenvalue weighted by Crippen LogP contribution is 2.30. The van der Waals surface area contributed by atoms with Crippen LogP contribution in [0.5, 0.6) is 0 Å². The molecule has 3 aliphatic rings. The molecule has 12 rings (SSSR count). The smallest absolute Gasteiger partial charge is 0.329 e. The quantitative estimate of drug-likeness (QED) is 0.0254. The summed E-state index contributed by atoms with van der Waals surface area (Å²) in [6.45, 7) is 2.98. The summed E-state index contributed by atoms with van der Waals surface area (Å²) in [6.07, 6.45) is 9.29. The summed E-state index contributed by atoms with van der Waals surface area (Å²) in [4.78, 5) is 53.4. The lowest BCUT2D eigenvalue weighted by Crippen LogP contribution is -2.99. The number of halogens is 10. The van der Waals surface area contributed by atoms with Crippen LogP contribution in [0.1, 0.15) is 38.5 Å². The van der Waals surface area contributed by atoms with Crippen LogP contribution in [-0.4, -0.2) is 179 Å². The minimum Gasteiger partial charge on any atom is -0.595 e. The van der Waals surface area contributed by atoms with Crippen LogP contribution < -0.4 is 27.3 Å². The molecule has 0 spiro atoms. The fourth-order valence-corrected chi connectivity index (χ4v) is 10.2. The maximum Gasteiger partial charge on any atom is 0.329 e. The number of nitrogens with two attached hydrogens (primary N) is 2. The molecule has 12 heterocycles. The molecule has 474 valence electrons. The van der Waals surface area contributed by atoms with Crippen LogP contribution in [0.25, 0.3) is 51.5 Å². The van der Waals surface area contributed by atoms with Crippen molar-refractivity contribution in [2.24, 2.45) is 5.73 Å². The van der Waals surface area contributed by atoms with E-state index in [9.17, 15) is 54.8 Å². The second-order valence-electron chi connectivity index (χ2n) is 20.8. The minimum atomic E-state index is -2.39. The molecular weight excluding hydrogens is 1210 g/mol. The summed E-state index contributed by atoms with van der Waals surface area (Å²) >= 11 is 5.79. The van der Waals surface area contributed by atoms with Crippen molar-refractivity contribution in [3.05, 3.63) is 130 Å². The lowest BCUT2D eigenvalue weighted by Gasteiger charge is -2.32. The highest BCUT2D eigenvalue weighted by atomic mass is 35.5. The molecule has 0 amide bonds. The minimum absolute atomic E-state index is 0.0312. The van der Waals surface area contributed by atoms with Crippen LogP contribution in [0.15, 0.2) is 92.2 Å². The van der Waals surface area contributed by atoms with Crippen molar-refractivity contribution in [3.63, 3.8) is 0 Å². The van der Waals surface area contributed by atoms with Crippen LogP contribution in [0.3, 0.4) is 0 Å². The van der Waals surface area contributed by atoms with E-state index in [0.717, 1.165) is 38.3 Å². The largest absolute Gasteiger partial charge is 0.595 e. The van der Waals surface area contributed by atoms with Gasteiger partial charge in [-0.1, -0.05) is 11.6 Å². The van der Waals surface area contributed by atoms with E-state index in [4.69, 9.17) is 28.3 Å². The number of alkyl halides is 6. The number of nitro groups is 1. The summed E-state index contributed by atoms with van der Waals surface area (Å²) in [6, 6.07) is 8.63. The zero-order valence-electron chi connectivity index (χ0n) is 47.0. The molecule has 9 aromatic rings. The van der Waals surface area contributed by atoms with Gasteiger partial charge in [-0.05, 0) is 88.0 Å². The van der Waals surface area contributed by atoms with Gasteiger partial charge in [-0.2, -0.15) is 5.23 Å². The van der Waals surface area contributed by atoms with Gasteiger partial charge in [-0.15, -0.1) is 0 Å². The molecule has 3 aliphatic heterocycles. The number of piperidine rings is 3. The summed E-state index contributed by atoms with van der Waals surface area (Å²) < 4.78 is 119. The number of pyridine rings is 3. The SMILES string of the molecule is NC1CCN(CC(F)F)CC1.Nc1cnc(-c2cnc3ccc(F)cn23)nc1NC1CCN(CC(F)F)CC1.O=[N+]([O-])c1cnc(-c2cnc3ccc(F)cn23)nc1NC1CCN(CC(F)F)CC1.[O-][NH+](O)c1cnc(-c2cnc3ccc(F)cn23)nc1Cl. The average Bonchev–Trinajstić information content (AvgIpc) is 2.02. The molecule has 0 radical (unpaired) electrons. The maximum atomic E-state index is 13.6. The standard InChI is InChI=1S/C18H18F3N7O2.C18H20F3N7.C11H7ClFN5O2.C7H14F2N2/c19-11-1-2-16-22-7-13(27(16)9-11)17-23-8-14(28(29)30)18(25-17)24-12-3-5-26(6-4-12)10-15(20)21;19-11-1-2-16-23-8-14(28(16)9-11)18-24-7-13(22)17(26-18)25-12-3-5-27(6-4-12)10-15(20)21;12-10-7(18(19)20)3-15-11(16-10)8-4-14-9-2-1-6(13)5-17(8)9;8-7(9)5-11-3-1-6(10)2-4-11/h1-2,7-9,12,15H,3-6,10H2,(H,23,24,25);1-2,7-9,12,15H,3-6,10,22H2,(H,24,25,26);1-5,18-19H;6-7H,1-5,10H2. The van der Waals surface area contributed by atoms with Gasteiger partial charge < -0.3 is 27.3 Å². The van der Waals surface area contributed by atoms with Crippen LogP contribution in [0.2, 0.25) is 5.15 Å². The first kappa shape index (κ1) is 64.9. The number of nitrogen functional groups attached to an aromatic ring is 1. The fraction of sp³-hybridized carbons (Fsp3) is 0.389. The zero-order chi connectivity index (χ0) is 63.5. The van der Waals surface area contributed by atoms with Crippen LogP contribution in [0, 0.1) is 32.8 Å². The number of hydrogen-bond acceptors (Lipinski definition) is 20. The molecule has 1 atom stereocenters. The maximum absolute atomic E-state index is 13.6. The predicted octanol–water partition coefficient (Wildman–Crippen LogP) is 7.30. The van der Waals surface area contributed by atoms with Gasteiger partial charge in [0.25, 0.3) is 19.3 Å². The van der Waals surface area contributed by atoms with Crippen molar-refractivity contribution >= 4 is 57.2 Å². The van der Waals surface area contributed by atoms with Crippen molar-refractivity contribution < 1.29 is 54.9 Å². The van der Waals surface area contributed by atoms with Gasteiger partial charge in [0, 0.05) is 62.9 Å². The highest BCUT2D eigenvalue weighted by Gasteiger charge is 2.28. The Balaban J connectivity index is 0.000000148. The molecular formula is C54H59ClF9N21O4. The van der Waals surface area contributed by atoms with Gasteiger partial charge >= 0.3 is 5.69 Å². The van der Waals surface area contributed by atoms with E-state index in [1.807, 2.05) is 0 Å². The Labute approximate surface area is 504 Å². The van der Waals surface area contributed by atoms with Gasteiger partial charge in [0.2, 0.25) is 11.5 Å². The lowest BCUT2D eigenvalue weighted by molar-refractivity contribution is -0.991. The second kappa shape index (κ2) is 29.7.